The number of methoxy groups -OCH3 is 1. The predicted octanol–water partition coefficient (Wildman–Crippen LogP) is 4.79. The number of ether oxygens (including phenoxy) is 1. The Morgan fingerprint density at radius 1 is 1.24 bits per heavy atom. The second-order valence-corrected chi connectivity index (χ2v) is 7.55. The van der Waals surface area contributed by atoms with Crippen molar-refractivity contribution < 1.29 is 9.53 Å². The summed E-state index contributed by atoms with van der Waals surface area (Å²) in [4.78, 5) is 14.9. The van der Waals surface area contributed by atoms with Crippen LogP contribution in [-0.2, 0) is 11.2 Å². The molecule has 1 aliphatic heterocycles. The molecule has 1 saturated heterocycles. The SMILES string of the molecule is COc1ccc(/C=C2/SC(=S)N(CCc3ccccc3)C2=O)cc1Cl. The average Bonchev–Trinajstić information content (AvgIpc) is 2.87. The van der Waals surface area contributed by atoms with Crippen molar-refractivity contribution >= 4 is 51.9 Å². The Morgan fingerprint density at radius 3 is 2.68 bits per heavy atom. The zero-order chi connectivity index (χ0) is 17.8. The highest BCUT2D eigenvalue weighted by atomic mass is 35.5. The van der Waals surface area contributed by atoms with E-state index >= 15 is 0 Å². The number of nitrogens with zero attached hydrogens (tertiary/aromatic N) is 1. The number of carbonyl (C=O) groups is 1. The Kier molecular flexibility index (Phi) is 5.78. The van der Waals surface area contributed by atoms with Gasteiger partial charge in [0, 0.05) is 6.54 Å². The van der Waals surface area contributed by atoms with Crippen molar-refractivity contribution in [3.8, 4) is 5.75 Å². The first-order valence-electron chi connectivity index (χ1n) is 7.71. The molecule has 0 bridgehead atoms. The minimum atomic E-state index is -0.0575. The molecule has 1 amide bonds. The molecule has 0 atom stereocenters. The van der Waals surface area contributed by atoms with Crippen LogP contribution < -0.4 is 4.74 Å². The number of halogens is 1. The van der Waals surface area contributed by atoms with Gasteiger partial charge in [-0.2, -0.15) is 0 Å². The summed E-state index contributed by atoms with van der Waals surface area (Å²) < 4.78 is 5.73. The quantitative estimate of drug-likeness (QED) is 0.543. The van der Waals surface area contributed by atoms with Crippen LogP contribution >= 0.6 is 35.6 Å². The fourth-order valence-corrected chi connectivity index (χ4v) is 4.08. The molecular formula is C19H16ClNO2S2. The van der Waals surface area contributed by atoms with Crippen LogP contribution in [0.4, 0.5) is 0 Å². The molecule has 6 heteroatoms. The Hall–Kier alpha value is -1.82. The molecule has 25 heavy (non-hydrogen) atoms. The maximum Gasteiger partial charge on any atom is 0.266 e. The number of hydrogen-bond acceptors (Lipinski definition) is 4. The molecule has 0 aromatic heterocycles. The maximum atomic E-state index is 12.6. The van der Waals surface area contributed by atoms with E-state index in [0.29, 0.717) is 26.5 Å². The van der Waals surface area contributed by atoms with E-state index in [9.17, 15) is 4.79 Å². The minimum Gasteiger partial charge on any atom is -0.495 e. The van der Waals surface area contributed by atoms with Gasteiger partial charge in [0.25, 0.3) is 5.91 Å². The van der Waals surface area contributed by atoms with Crippen molar-refractivity contribution in [3.05, 3.63) is 69.6 Å². The third kappa shape index (κ3) is 4.24. The molecule has 1 heterocycles. The van der Waals surface area contributed by atoms with E-state index in [1.165, 1.54) is 17.3 Å². The highest BCUT2D eigenvalue weighted by Gasteiger charge is 2.31. The van der Waals surface area contributed by atoms with Gasteiger partial charge in [-0.25, -0.2) is 0 Å². The van der Waals surface area contributed by atoms with Crippen molar-refractivity contribution in [3.63, 3.8) is 0 Å². The second kappa shape index (κ2) is 8.04. The number of amides is 1. The predicted molar refractivity (Wildman–Crippen MR) is 108 cm³/mol. The summed E-state index contributed by atoms with van der Waals surface area (Å²) >= 11 is 12.8. The Balaban J connectivity index is 1.73. The maximum absolute atomic E-state index is 12.6. The summed E-state index contributed by atoms with van der Waals surface area (Å²) in [6.45, 7) is 0.579. The van der Waals surface area contributed by atoms with Gasteiger partial charge in [0.2, 0.25) is 0 Å². The number of thiocarbonyl (C=S) groups is 1. The molecule has 2 aromatic carbocycles. The fraction of sp³-hybridized carbons (Fsp3) is 0.158. The van der Waals surface area contributed by atoms with Crippen molar-refractivity contribution in [2.45, 2.75) is 6.42 Å². The van der Waals surface area contributed by atoms with Crippen LogP contribution in [0.25, 0.3) is 6.08 Å². The van der Waals surface area contributed by atoms with Gasteiger partial charge in [-0.15, -0.1) is 0 Å². The van der Waals surface area contributed by atoms with Crippen LogP contribution in [0, 0.1) is 0 Å². The van der Waals surface area contributed by atoms with E-state index in [-0.39, 0.29) is 5.91 Å². The largest absolute Gasteiger partial charge is 0.495 e. The normalized spacial score (nSPS) is 15.9. The second-order valence-electron chi connectivity index (χ2n) is 5.46. The summed E-state index contributed by atoms with van der Waals surface area (Å²) in [5, 5.41) is 0.510. The molecular weight excluding hydrogens is 374 g/mol. The summed E-state index contributed by atoms with van der Waals surface area (Å²) in [7, 11) is 1.57. The lowest BCUT2D eigenvalue weighted by Gasteiger charge is -2.14. The van der Waals surface area contributed by atoms with E-state index < -0.39 is 0 Å². The first-order chi connectivity index (χ1) is 12.1. The summed E-state index contributed by atoms with van der Waals surface area (Å²) in [5.41, 5.74) is 2.02. The Bertz CT molecular complexity index is 837. The molecule has 3 rings (SSSR count). The zero-order valence-electron chi connectivity index (χ0n) is 13.6. The number of thioether (sulfide) groups is 1. The number of benzene rings is 2. The fourth-order valence-electron chi connectivity index (χ4n) is 2.50. The molecule has 0 unspecified atom stereocenters. The minimum absolute atomic E-state index is 0.0575. The van der Waals surface area contributed by atoms with Gasteiger partial charge >= 0.3 is 0 Å². The van der Waals surface area contributed by atoms with Gasteiger partial charge in [-0.05, 0) is 35.8 Å². The number of rotatable bonds is 5. The molecule has 0 aliphatic carbocycles. The van der Waals surface area contributed by atoms with Gasteiger partial charge < -0.3 is 4.74 Å². The number of carbonyl (C=O) groups excluding carboxylic acids is 1. The highest BCUT2D eigenvalue weighted by molar-refractivity contribution is 8.26. The van der Waals surface area contributed by atoms with E-state index in [2.05, 4.69) is 0 Å². The molecule has 0 saturated carbocycles. The van der Waals surface area contributed by atoms with Crippen LogP contribution in [0.5, 0.6) is 5.75 Å². The van der Waals surface area contributed by atoms with E-state index in [4.69, 9.17) is 28.6 Å². The molecule has 3 nitrogen and oxygen atoms in total. The smallest absolute Gasteiger partial charge is 0.266 e. The highest BCUT2D eigenvalue weighted by Crippen LogP contribution is 2.34. The van der Waals surface area contributed by atoms with E-state index in [1.807, 2.05) is 42.5 Å². The van der Waals surface area contributed by atoms with Gasteiger partial charge in [0.15, 0.2) is 0 Å². The standard InChI is InChI=1S/C19H16ClNO2S2/c1-23-16-8-7-14(11-15(16)20)12-17-18(22)21(19(24)25-17)10-9-13-5-3-2-4-6-13/h2-8,11-12H,9-10H2,1H3/b17-12+. The first kappa shape index (κ1) is 18.0. The van der Waals surface area contributed by atoms with Gasteiger partial charge in [-0.3, -0.25) is 9.69 Å². The van der Waals surface area contributed by atoms with Gasteiger partial charge in [0.1, 0.15) is 10.1 Å². The van der Waals surface area contributed by atoms with Gasteiger partial charge in [0.05, 0.1) is 17.0 Å². The third-order valence-electron chi connectivity index (χ3n) is 3.81. The van der Waals surface area contributed by atoms with Gasteiger partial charge in [-0.1, -0.05) is 72.0 Å². The lowest BCUT2D eigenvalue weighted by atomic mass is 10.1. The summed E-state index contributed by atoms with van der Waals surface area (Å²) in [6.07, 6.45) is 2.59. The zero-order valence-corrected chi connectivity index (χ0v) is 16.0. The van der Waals surface area contributed by atoms with Crippen molar-refractivity contribution in [2.75, 3.05) is 13.7 Å². The van der Waals surface area contributed by atoms with Crippen LogP contribution in [-0.4, -0.2) is 28.8 Å². The molecule has 128 valence electrons. The Labute approximate surface area is 161 Å². The molecule has 2 aromatic rings. The molecule has 1 aliphatic rings. The average molecular weight is 390 g/mol. The van der Waals surface area contributed by atoms with Crippen molar-refractivity contribution in [2.24, 2.45) is 0 Å². The van der Waals surface area contributed by atoms with Crippen LogP contribution in [0.15, 0.2) is 53.4 Å². The lowest BCUT2D eigenvalue weighted by Crippen LogP contribution is -2.30. The summed E-state index contributed by atoms with van der Waals surface area (Å²) in [6, 6.07) is 15.5. The first-order valence-corrected chi connectivity index (χ1v) is 9.31. The third-order valence-corrected chi connectivity index (χ3v) is 5.49. The lowest BCUT2D eigenvalue weighted by molar-refractivity contribution is -0.122. The van der Waals surface area contributed by atoms with E-state index in [0.717, 1.165) is 12.0 Å². The molecule has 1 fully saturated rings. The molecule has 0 N–H and O–H groups in total. The monoisotopic (exact) mass is 389 g/mol. The van der Waals surface area contributed by atoms with Crippen LogP contribution in [0.3, 0.4) is 0 Å². The van der Waals surface area contributed by atoms with Crippen LogP contribution in [0.1, 0.15) is 11.1 Å². The van der Waals surface area contributed by atoms with Crippen LogP contribution in [0.2, 0.25) is 5.02 Å². The van der Waals surface area contributed by atoms with Crippen molar-refractivity contribution in [1.82, 2.24) is 4.90 Å². The Morgan fingerprint density at radius 2 is 2.00 bits per heavy atom. The molecule has 0 spiro atoms. The summed E-state index contributed by atoms with van der Waals surface area (Å²) in [5.74, 6) is 0.548. The van der Waals surface area contributed by atoms with Crippen molar-refractivity contribution in [1.29, 1.82) is 0 Å². The topological polar surface area (TPSA) is 29.5 Å². The molecule has 0 radical (unpaired) electrons. The van der Waals surface area contributed by atoms with E-state index in [1.54, 1.807) is 24.1 Å². The number of hydrogen-bond donors (Lipinski definition) is 0.